The van der Waals surface area contributed by atoms with Gasteiger partial charge < -0.3 is 15.6 Å². The fourth-order valence-corrected chi connectivity index (χ4v) is 2.44. The van der Waals surface area contributed by atoms with Crippen LogP contribution in [0.2, 0.25) is 0 Å². The van der Waals surface area contributed by atoms with E-state index in [0.717, 1.165) is 6.42 Å². The summed E-state index contributed by atoms with van der Waals surface area (Å²) in [7, 11) is 0. The molecule has 0 saturated heterocycles. The average Bonchev–Trinajstić information content (AvgIpc) is 2.99. The van der Waals surface area contributed by atoms with E-state index in [9.17, 15) is 4.79 Å². The van der Waals surface area contributed by atoms with Crippen LogP contribution in [-0.4, -0.2) is 31.2 Å². The van der Waals surface area contributed by atoms with Crippen LogP contribution in [0.4, 0.5) is 11.5 Å². The number of rotatable bonds is 5. The molecule has 7 nitrogen and oxygen atoms in total. The summed E-state index contributed by atoms with van der Waals surface area (Å²) in [5, 5.41) is 2.82. The number of aryl methyl sites for hydroxylation is 1. The van der Waals surface area contributed by atoms with E-state index in [1.807, 2.05) is 4.57 Å². The van der Waals surface area contributed by atoms with E-state index in [1.54, 1.807) is 30.9 Å². The van der Waals surface area contributed by atoms with Crippen molar-refractivity contribution in [3.05, 3.63) is 42.6 Å². The molecule has 117 valence electrons. The van der Waals surface area contributed by atoms with Crippen molar-refractivity contribution in [1.82, 2.24) is 19.5 Å². The second kappa shape index (κ2) is 6.66. The molecule has 0 bridgehead atoms. The molecule has 0 aliphatic rings. The summed E-state index contributed by atoms with van der Waals surface area (Å²) in [5.74, 6) is 0.671. The van der Waals surface area contributed by atoms with Crippen molar-refractivity contribution in [2.24, 2.45) is 0 Å². The summed E-state index contributed by atoms with van der Waals surface area (Å²) in [6.07, 6.45) is 7.17. The molecule has 1 radical (unpaired) electrons. The van der Waals surface area contributed by atoms with E-state index < -0.39 is 0 Å². The first-order valence-corrected chi connectivity index (χ1v) is 7.67. The van der Waals surface area contributed by atoms with Crippen LogP contribution in [0.5, 0.6) is 0 Å². The minimum atomic E-state index is -0.270. The van der Waals surface area contributed by atoms with Crippen molar-refractivity contribution in [2.45, 2.75) is 13.0 Å². The molecule has 0 spiro atoms. The summed E-state index contributed by atoms with van der Waals surface area (Å²) in [6.45, 7) is 0.680. The third-order valence-electron chi connectivity index (χ3n) is 3.39. The summed E-state index contributed by atoms with van der Waals surface area (Å²) >= 11 is 4.99. The number of anilines is 2. The molecule has 0 atom stereocenters. The van der Waals surface area contributed by atoms with Crippen molar-refractivity contribution in [2.75, 3.05) is 16.8 Å². The van der Waals surface area contributed by atoms with Gasteiger partial charge in [0.05, 0.1) is 17.4 Å². The zero-order chi connectivity index (χ0) is 16.2. The Labute approximate surface area is 138 Å². The lowest BCUT2D eigenvalue weighted by molar-refractivity contribution is 0.102. The Kier molecular flexibility index (Phi) is 4.42. The Balaban J connectivity index is 2.00. The van der Waals surface area contributed by atoms with Gasteiger partial charge in [-0.25, -0.2) is 9.97 Å². The zero-order valence-electron chi connectivity index (χ0n) is 12.3. The number of imidazole rings is 1. The molecule has 3 aromatic heterocycles. The number of aromatic nitrogens is 4. The van der Waals surface area contributed by atoms with Crippen LogP contribution in [0, 0.1) is 0 Å². The first-order valence-electron chi connectivity index (χ1n) is 7.09. The molecular formula is C15H15N6OS. The van der Waals surface area contributed by atoms with Crippen molar-refractivity contribution in [1.29, 1.82) is 0 Å². The number of nitrogens with two attached hydrogens (primary N) is 1. The first-order chi connectivity index (χ1) is 11.2. The van der Waals surface area contributed by atoms with Crippen LogP contribution in [-0.2, 0) is 6.54 Å². The number of nitrogens with zero attached hydrogens (tertiary/aromatic N) is 4. The molecule has 0 aliphatic heterocycles. The molecule has 8 heteroatoms. The van der Waals surface area contributed by atoms with Gasteiger partial charge in [0.2, 0.25) is 0 Å². The highest BCUT2D eigenvalue weighted by atomic mass is 32.1. The van der Waals surface area contributed by atoms with Crippen LogP contribution in [0.15, 0.2) is 37.1 Å². The molecule has 0 unspecified atom stereocenters. The van der Waals surface area contributed by atoms with Gasteiger partial charge >= 0.3 is 0 Å². The molecule has 0 aliphatic carbocycles. The standard InChI is InChI=1S/C15H15N6OS/c16-14-12-13(21(9-19-12)6-1-7-23)11(8-18-14)15(22)20-10-2-4-17-5-3-10/h2-5,8-9H,1,6-7H2,(H2,16,18)(H,17,20,22). The lowest BCUT2D eigenvalue weighted by Gasteiger charge is -2.09. The van der Waals surface area contributed by atoms with E-state index in [4.69, 9.17) is 18.4 Å². The van der Waals surface area contributed by atoms with E-state index in [1.165, 1.54) is 6.20 Å². The normalized spacial score (nSPS) is 10.8. The molecule has 0 aromatic carbocycles. The Bertz CT molecular complexity index is 833. The highest BCUT2D eigenvalue weighted by Gasteiger charge is 2.17. The number of carbonyl (C=O) groups is 1. The Morgan fingerprint density at radius 2 is 2.09 bits per heavy atom. The second-order valence-electron chi connectivity index (χ2n) is 4.94. The molecule has 3 aromatic rings. The van der Waals surface area contributed by atoms with Gasteiger partial charge in [-0.15, -0.1) is 0 Å². The van der Waals surface area contributed by atoms with Crippen LogP contribution in [0.1, 0.15) is 16.8 Å². The van der Waals surface area contributed by atoms with Crippen molar-refractivity contribution in [3.63, 3.8) is 0 Å². The zero-order valence-corrected chi connectivity index (χ0v) is 13.1. The van der Waals surface area contributed by atoms with Gasteiger partial charge in [-0.2, -0.15) is 0 Å². The Hall–Kier alpha value is -2.61. The number of nitrogen functional groups attached to an aromatic ring is 1. The monoisotopic (exact) mass is 327 g/mol. The van der Waals surface area contributed by atoms with E-state index >= 15 is 0 Å². The van der Waals surface area contributed by atoms with Crippen LogP contribution >= 0.6 is 12.6 Å². The van der Waals surface area contributed by atoms with Gasteiger partial charge in [-0.3, -0.25) is 9.78 Å². The van der Waals surface area contributed by atoms with Crippen molar-refractivity contribution < 1.29 is 4.79 Å². The quantitative estimate of drug-likeness (QED) is 0.749. The lowest BCUT2D eigenvalue weighted by atomic mass is 10.2. The fraction of sp³-hybridized carbons (Fsp3) is 0.200. The Morgan fingerprint density at radius 1 is 1.30 bits per heavy atom. The fourth-order valence-electron chi connectivity index (χ4n) is 2.31. The first kappa shape index (κ1) is 15.3. The van der Waals surface area contributed by atoms with Gasteiger partial charge in [0.25, 0.3) is 5.91 Å². The highest BCUT2D eigenvalue weighted by Crippen LogP contribution is 2.23. The van der Waals surface area contributed by atoms with E-state index in [0.29, 0.717) is 40.4 Å². The Morgan fingerprint density at radius 3 is 2.83 bits per heavy atom. The second-order valence-corrected chi connectivity index (χ2v) is 5.35. The van der Waals surface area contributed by atoms with Gasteiger partial charge in [0, 0.05) is 36.6 Å². The van der Waals surface area contributed by atoms with Gasteiger partial charge in [0.15, 0.2) is 5.82 Å². The van der Waals surface area contributed by atoms with Gasteiger partial charge in [-0.05, 0) is 18.6 Å². The predicted octanol–water partition coefficient (Wildman–Crippen LogP) is 2.25. The lowest BCUT2D eigenvalue weighted by Crippen LogP contribution is -2.15. The summed E-state index contributed by atoms with van der Waals surface area (Å²) in [5.41, 5.74) is 8.15. The molecule has 3 rings (SSSR count). The number of amides is 1. The average molecular weight is 327 g/mol. The minimum Gasteiger partial charge on any atom is -0.382 e. The molecule has 3 N–H and O–H groups in total. The third-order valence-corrected chi connectivity index (χ3v) is 3.68. The molecular weight excluding hydrogens is 312 g/mol. The maximum absolute atomic E-state index is 12.6. The highest BCUT2D eigenvalue weighted by molar-refractivity contribution is 7.80. The summed E-state index contributed by atoms with van der Waals surface area (Å²) < 4.78 is 1.89. The van der Waals surface area contributed by atoms with Gasteiger partial charge in [0.1, 0.15) is 5.52 Å². The largest absolute Gasteiger partial charge is 0.382 e. The van der Waals surface area contributed by atoms with Crippen LogP contribution < -0.4 is 11.1 Å². The van der Waals surface area contributed by atoms with E-state index in [-0.39, 0.29) is 5.91 Å². The minimum absolute atomic E-state index is 0.270. The maximum Gasteiger partial charge on any atom is 0.259 e. The van der Waals surface area contributed by atoms with E-state index in [2.05, 4.69) is 20.3 Å². The SMILES string of the molecule is Nc1ncc(C(=O)Nc2ccncc2)c2c1ncn2CCC[S]. The summed E-state index contributed by atoms with van der Waals surface area (Å²) in [4.78, 5) is 24.9. The molecule has 0 fully saturated rings. The topological polar surface area (TPSA) is 98.7 Å². The third kappa shape index (κ3) is 3.11. The predicted molar refractivity (Wildman–Crippen MR) is 91.2 cm³/mol. The van der Waals surface area contributed by atoms with Crippen LogP contribution in [0.3, 0.4) is 0 Å². The number of pyridine rings is 2. The van der Waals surface area contributed by atoms with Crippen molar-refractivity contribution in [3.8, 4) is 0 Å². The number of fused-ring (bicyclic) bond motifs is 1. The molecule has 1 amide bonds. The maximum atomic E-state index is 12.6. The molecule has 3 heterocycles. The van der Waals surface area contributed by atoms with Gasteiger partial charge in [-0.1, -0.05) is 12.6 Å². The smallest absolute Gasteiger partial charge is 0.259 e. The summed E-state index contributed by atoms with van der Waals surface area (Å²) in [6, 6.07) is 3.43. The number of hydrogen-bond donors (Lipinski definition) is 2. The van der Waals surface area contributed by atoms with Crippen LogP contribution in [0.25, 0.3) is 11.0 Å². The number of hydrogen-bond acceptors (Lipinski definition) is 5. The number of nitrogens with one attached hydrogen (secondary N) is 1. The number of carbonyl (C=O) groups excluding carboxylic acids is 1. The van der Waals surface area contributed by atoms with Crippen molar-refractivity contribution >= 4 is 41.1 Å². The molecule has 23 heavy (non-hydrogen) atoms. The molecule has 0 saturated carbocycles.